The maximum atomic E-state index is 12.9. The molecule has 0 saturated carbocycles. The van der Waals surface area contributed by atoms with E-state index < -0.39 is 11.8 Å². The molecule has 7 heteroatoms. The van der Waals surface area contributed by atoms with E-state index in [1.807, 2.05) is 43.3 Å². The average molecular weight is 493 g/mol. The van der Waals surface area contributed by atoms with Gasteiger partial charge in [0.15, 0.2) is 0 Å². The third-order valence-corrected chi connectivity index (χ3v) is 5.30. The summed E-state index contributed by atoms with van der Waals surface area (Å²) in [5.74, 6) is 0.431. The number of nitrogens with one attached hydrogen (secondary N) is 1. The molecule has 1 aliphatic heterocycles. The number of carbonyl (C=O) groups excluding carboxylic acids is 2. The summed E-state index contributed by atoms with van der Waals surface area (Å²) >= 11 is 3.44. The van der Waals surface area contributed by atoms with Crippen molar-refractivity contribution in [2.45, 2.75) is 6.92 Å². The number of rotatable bonds is 7. The molecule has 0 spiro atoms. The molecule has 1 heterocycles. The van der Waals surface area contributed by atoms with Crippen LogP contribution in [-0.2, 0) is 9.59 Å². The number of halogens is 1. The normalized spacial score (nSPS) is 14.6. The summed E-state index contributed by atoms with van der Waals surface area (Å²) in [7, 11) is 0. The number of hydrazine groups is 1. The van der Waals surface area contributed by atoms with Gasteiger partial charge in [-0.2, -0.15) is 0 Å². The van der Waals surface area contributed by atoms with Gasteiger partial charge in [0.25, 0.3) is 11.8 Å². The van der Waals surface area contributed by atoms with E-state index in [4.69, 9.17) is 9.47 Å². The molecule has 0 aliphatic carbocycles. The van der Waals surface area contributed by atoms with E-state index in [-0.39, 0.29) is 5.57 Å². The quantitative estimate of drug-likeness (QED) is 0.295. The first kappa shape index (κ1) is 21.6. The van der Waals surface area contributed by atoms with Gasteiger partial charge in [-0.1, -0.05) is 51.8 Å². The summed E-state index contributed by atoms with van der Waals surface area (Å²) in [6, 6.07) is 22.2. The predicted octanol–water partition coefficient (Wildman–Crippen LogP) is 4.68. The van der Waals surface area contributed by atoms with Crippen LogP contribution in [0.15, 0.2) is 82.8 Å². The van der Waals surface area contributed by atoms with Gasteiger partial charge in [0.05, 0.1) is 5.69 Å². The van der Waals surface area contributed by atoms with Crippen molar-refractivity contribution in [3.05, 3.63) is 94.0 Å². The molecule has 162 valence electrons. The Morgan fingerprint density at radius 2 is 1.66 bits per heavy atom. The van der Waals surface area contributed by atoms with Crippen molar-refractivity contribution >= 4 is 39.5 Å². The van der Waals surface area contributed by atoms with Crippen LogP contribution in [0.5, 0.6) is 11.5 Å². The van der Waals surface area contributed by atoms with E-state index in [1.165, 1.54) is 5.01 Å². The van der Waals surface area contributed by atoms with Gasteiger partial charge < -0.3 is 9.47 Å². The van der Waals surface area contributed by atoms with Crippen LogP contribution >= 0.6 is 15.9 Å². The summed E-state index contributed by atoms with van der Waals surface area (Å²) in [6.07, 6.45) is 1.54. The Labute approximate surface area is 194 Å². The minimum absolute atomic E-state index is 0.0349. The third-order valence-electron chi connectivity index (χ3n) is 4.81. The minimum Gasteiger partial charge on any atom is -0.490 e. The number of anilines is 1. The Balaban J connectivity index is 1.48. The van der Waals surface area contributed by atoms with Crippen LogP contribution in [0.1, 0.15) is 11.1 Å². The van der Waals surface area contributed by atoms with Crippen LogP contribution in [0, 0.1) is 6.92 Å². The monoisotopic (exact) mass is 492 g/mol. The van der Waals surface area contributed by atoms with E-state index in [9.17, 15) is 9.59 Å². The van der Waals surface area contributed by atoms with Crippen LogP contribution < -0.4 is 19.9 Å². The highest BCUT2D eigenvalue weighted by molar-refractivity contribution is 9.10. The van der Waals surface area contributed by atoms with Crippen molar-refractivity contribution in [3.8, 4) is 11.5 Å². The molecule has 3 aromatic rings. The van der Waals surface area contributed by atoms with Crippen molar-refractivity contribution in [1.29, 1.82) is 0 Å². The van der Waals surface area contributed by atoms with Crippen LogP contribution in [0.2, 0.25) is 0 Å². The second kappa shape index (κ2) is 9.70. The zero-order valence-electron chi connectivity index (χ0n) is 17.4. The van der Waals surface area contributed by atoms with Crippen molar-refractivity contribution < 1.29 is 19.1 Å². The second-order valence-corrected chi connectivity index (χ2v) is 8.08. The number of nitrogens with zero attached hydrogens (tertiary/aromatic N) is 1. The number of carbonyl (C=O) groups is 2. The summed E-state index contributed by atoms with van der Waals surface area (Å²) in [5, 5.41) is 1.24. The molecule has 0 atom stereocenters. The number of hydrogen-bond donors (Lipinski definition) is 1. The Bertz CT molecular complexity index is 1160. The molecular formula is C25H21BrN2O4. The van der Waals surface area contributed by atoms with Gasteiger partial charge in [-0.05, 0) is 55.5 Å². The van der Waals surface area contributed by atoms with Gasteiger partial charge >= 0.3 is 0 Å². The van der Waals surface area contributed by atoms with Gasteiger partial charge in [0.2, 0.25) is 0 Å². The highest BCUT2D eigenvalue weighted by atomic mass is 79.9. The third kappa shape index (κ3) is 5.00. The van der Waals surface area contributed by atoms with Crippen molar-refractivity contribution in [2.75, 3.05) is 18.2 Å². The zero-order chi connectivity index (χ0) is 22.5. The molecule has 0 radical (unpaired) electrons. The number of amides is 2. The molecule has 4 rings (SSSR count). The van der Waals surface area contributed by atoms with Gasteiger partial charge in [-0.15, -0.1) is 0 Å². The number of para-hydroxylation sites is 1. The first-order valence-electron chi connectivity index (χ1n) is 10.1. The molecule has 0 aromatic heterocycles. The lowest BCUT2D eigenvalue weighted by Gasteiger charge is -2.14. The Morgan fingerprint density at radius 1 is 0.938 bits per heavy atom. The Kier molecular flexibility index (Phi) is 6.56. The fraction of sp³-hybridized carbons (Fsp3) is 0.120. The summed E-state index contributed by atoms with van der Waals surface area (Å²) < 4.78 is 12.4. The Morgan fingerprint density at radius 3 is 2.41 bits per heavy atom. The Hall–Kier alpha value is -3.58. The highest BCUT2D eigenvalue weighted by Crippen LogP contribution is 2.28. The van der Waals surface area contributed by atoms with Gasteiger partial charge in [0.1, 0.15) is 30.3 Å². The SMILES string of the molecule is Cc1ccc(OCCOc2ccc(Br)cc2/C=C2\C(=O)NN(c3ccccc3)C2=O)cc1. The largest absolute Gasteiger partial charge is 0.490 e. The lowest BCUT2D eigenvalue weighted by atomic mass is 10.1. The van der Waals surface area contributed by atoms with Crippen LogP contribution in [-0.4, -0.2) is 25.0 Å². The molecule has 32 heavy (non-hydrogen) atoms. The number of hydrogen-bond acceptors (Lipinski definition) is 4. The maximum absolute atomic E-state index is 12.9. The first-order valence-corrected chi connectivity index (χ1v) is 10.8. The van der Waals surface area contributed by atoms with Crippen LogP contribution in [0.25, 0.3) is 6.08 Å². The molecule has 1 fully saturated rings. The molecule has 6 nitrogen and oxygen atoms in total. The number of ether oxygens (including phenoxy) is 2. The van der Waals surface area contributed by atoms with Gasteiger partial charge in [0, 0.05) is 10.0 Å². The van der Waals surface area contributed by atoms with Crippen molar-refractivity contribution in [2.24, 2.45) is 0 Å². The predicted molar refractivity (Wildman–Crippen MR) is 126 cm³/mol. The molecule has 1 aliphatic rings. The standard InChI is InChI=1S/C25H21BrN2O4/c1-17-7-10-21(11-8-17)31-13-14-32-23-12-9-19(26)15-18(23)16-22-24(29)27-28(25(22)30)20-5-3-2-4-6-20/h2-12,15-16H,13-14H2,1H3,(H,27,29)/b22-16+. The average Bonchev–Trinajstić information content (AvgIpc) is 3.08. The number of aryl methyl sites for hydroxylation is 1. The first-order chi connectivity index (χ1) is 15.5. The highest BCUT2D eigenvalue weighted by Gasteiger charge is 2.34. The summed E-state index contributed by atoms with van der Waals surface area (Å²) in [6.45, 7) is 2.68. The molecule has 0 unspecified atom stereocenters. The number of benzene rings is 3. The summed E-state index contributed by atoms with van der Waals surface area (Å²) in [4.78, 5) is 25.4. The smallest absolute Gasteiger partial charge is 0.282 e. The molecule has 1 saturated heterocycles. The van der Waals surface area contributed by atoms with E-state index >= 15 is 0 Å². The van der Waals surface area contributed by atoms with E-state index in [0.29, 0.717) is 30.2 Å². The minimum atomic E-state index is -0.465. The van der Waals surface area contributed by atoms with E-state index in [0.717, 1.165) is 15.8 Å². The lowest BCUT2D eigenvalue weighted by molar-refractivity contribution is -0.117. The fourth-order valence-electron chi connectivity index (χ4n) is 3.18. The van der Waals surface area contributed by atoms with Crippen molar-refractivity contribution in [1.82, 2.24) is 5.43 Å². The topological polar surface area (TPSA) is 67.9 Å². The second-order valence-electron chi connectivity index (χ2n) is 7.17. The van der Waals surface area contributed by atoms with Crippen molar-refractivity contribution in [3.63, 3.8) is 0 Å². The molecule has 2 amide bonds. The molecule has 0 bridgehead atoms. The molecule has 1 N–H and O–H groups in total. The zero-order valence-corrected chi connectivity index (χ0v) is 19.0. The fourth-order valence-corrected chi connectivity index (χ4v) is 3.56. The molecular weight excluding hydrogens is 472 g/mol. The molecule has 3 aromatic carbocycles. The maximum Gasteiger partial charge on any atom is 0.282 e. The van der Waals surface area contributed by atoms with Crippen LogP contribution in [0.3, 0.4) is 0 Å². The van der Waals surface area contributed by atoms with E-state index in [2.05, 4.69) is 21.4 Å². The van der Waals surface area contributed by atoms with Crippen LogP contribution in [0.4, 0.5) is 5.69 Å². The van der Waals surface area contributed by atoms with Gasteiger partial charge in [-0.3, -0.25) is 15.0 Å². The lowest BCUT2D eigenvalue weighted by Crippen LogP contribution is -2.35. The summed E-state index contributed by atoms with van der Waals surface area (Å²) in [5.41, 5.74) is 5.01. The van der Waals surface area contributed by atoms with Gasteiger partial charge in [-0.25, -0.2) is 5.01 Å². The van der Waals surface area contributed by atoms with E-state index in [1.54, 1.807) is 42.5 Å².